The number of ether oxygens (including phenoxy) is 1. The largest absolute Gasteiger partial charge is 0.508 e. The quantitative estimate of drug-likeness (QED) is 0.684. The molecule has 5 nitrogen and oxygen atoms in total. The van der Waals surface area contributed by atoms with Gasteiger partial charge in [0.05, 0.1) is 10.9 Å². The predicted molar refractivity (Wildman–Crippen MR) is 56.1 cm³/mol. The van der Waals surface area contributed by atoms with Gasteiger partial charge in [-0.3, -0.25) is 9.59 Å². The molecule has 80 valence electrons. The minimum absolute atomic E-state index is 0.00989. The predicted octanol–water partition coefficient (Wildman–Crippen LogP) is 0.809. The molecule has 0 saturated heterocycles. The molecule has 1 aliphatic rings. The molecule has 0 saturated carbocycles. The van der Waals surface area contributed by atoms with E-state index < -0.39 is 5.43 Å². The maximum Gasteiger partial charge on any atom is 0.209 e. The van der Waals surface area contributed by atoms with Gasteiger partial charge in [0.1, 0.15) is 11.3 Å². The molecule has 3 rings (SSSR count). The first-order valence-corrected chi connectivity index (χ1v) is 4.72. The molecule has 0 bridgehead atoms. The maximum absolute atomic E-state index is 12.0. The zero-order valence-electron chi connectivity index (χ0n) is 8.11. The van der Waals surface area contributed by atoms with Crippen molar-refractivity contribution in [1.29, 1.82) is 0 Å². The highest BCUT2D eigenvalue weighted by Gasteiger charge is 2.26. The van der Waals surface area contributed by atoms with Crippen molar-refractivity contribution in [2.24, 2.45) is 0 Å². The molecule has 5 heteroatoms. The van der Waals surface area contributed by atoms with Gasteiger partial charge in [-0.2, -0.15) is 0 Å². The number of carbonyl (C=O) groups is 1. The number of fused-ring (bicyclic) bond motifs is 2. The fourth-order valence-electron chi connectivity index (χ4n) is 1.82. The van der Waals surface area contributed by atoms with Gasteiger partial charge in [-0.05, 0) is 18.2 Å². The van der Waals surface area contributed by atoms with E-state index in [0.29, 0.717) is 5.52 Å². The molecule has 0 radical (unpaired) electrons. The first-order valence-electron chi connectivity index (χ1n) is 4.72. The van der Waals surface area contributed by atoms with Gasteiger partial charge in [-0.1, -0.05) is 0 Å². The van der Waals surface area contributed by atoms with Gasteiger partial charge in [-0.25, -0.2) is 0 Å². The second-order valence-electron chi connectivity index (χ2n) is 3.60. The molecule has 0 aliphatic carbocycles. The normalized spacial score (nSPS) is 13.9. The van der Waals surface area contributed by atoms with Crippen LogP contribution >= 0.6 is 0 Å². The minimum atomic E-state index is -0.401. The Kier molecular flexibility index (Phi) is 1.60. The number of aromatic hydroxyl groups is 1. The number of hydrogen-bond donors (Lipinski definition) is 2. The first-order chi connectivity index (χ1) is 7.66. The van der Waals surface area contributed by atoms with Crippen LogP contribution in [0, 0.1) is 0 Å². The lowest BCUT2D eigenvalue weighted by atomic mass is 10.1. The summed E-state index contributed by atoms with van der Waals surface area (Å²) in [5, 5.41) is 9.59. The van der Waals surface area contributed by atoms with Crippen molar-refractivity contribution in [3.8, 4) is 11.6 Å². The van der Waals surface area contributed by atoms with Crippen LogP contribution in [0.15, 0.2) is 23.0 Å². The third-order valence-corrected chi connectivity index (χ3v) is 2.58. The molecular formula is C11H7NO4. The average molecular weight is 217 g/mol. The molecule has 0 atom stereocenters. The summed E-state index contributed by atoms with van der Waals surface area (Å²) in [5.41, 5.74) is 0.177. The number of hydrogen-bond acceptors (Lipinski definition) is 4. The summed E-state index contributed by atoms with van der Waals surface area (Å²) in [6.45, 7) is -0.108. The number of aromatic amines is 1. The standard InChI is InChI=1S/C11H7NO4/c13-5-1-2-7-6(3-5)10(15)9-8(14)4-16-11(9)12-7/h1-3,13H,4H2,(H,12,15). The first kappa shape index (κ1) is 8.96. The van der Waals surface area contributed by atoms with E-state index in [0.717, 1.165) is 0 Å². The highest BCUT2D eigenvalue weighted by molar-refractivity contribution is 6.04. The number of phenolic OH excluding ortho intramolecular Hbond substituents is 1. The fourth-order valence-corrected chi connectivity index (χ4v) is 1.82. The van der Waals surface area contributed by atoms with Crippen LogP contribution in [-0.4, -0.2) is 22.5 Å². The van der Waals surface area contributed by atoms with Crippen molar-refractivity contribution >= 4 is 16.7 Å². The molecule has 2 N–H and O–H groups in total. The Labute approximate surface area is 89.3 Å². The Bertz CT molecular complexity index is 671. The van der Waals surface area contributed by atoms with Gasteiger partial charge in [0.2, 0.25) is 17.1 Å². The lowest BCUT2D eigenvalue weighted by Gasteiger charge is -2.02. The lowest BCUT2D eigenvalue weighted by Crippen LogP contribution is -2.13. The van der Waals surface area contributed by atoms with Crippen molar-refractivity contribution in [2.75, 3.05) is 6.61 Å². The molecule has 0 fully saturated rings. The summed E-state index contributed by atoms with van der Waals surface area (Å²) in [4.78, 5) is 26.2. The molecular weight excluding hydrogens is 210 g/mol. The molecule has 0 unspecified atom stereocenters. The SMILES string of the molecule is O=C1COc2[nH]c3ccc(O)cc3c(=O)c21. The number of ketones is 1. The smallest absolute Gasteiger partial charge is 0.209 e. The van der Waals surface area contributed by atoms with E-state index in [1.54, 1.807) is 6.07 Å². The van der Waals surface area contributed by atoms with Crippen molar-refractivity contribution < 1.29 is 14.6 Å². The second-order valence-corrected chi connectivity index (χ2v) is 3.60. The highest BCUT2D eigenvalue weighted by Crippen LogP contribution is 2.24. The Morgan fingerprint density at radius 3 is 2.94 bits per heavy atom. The molecule has 16 heavy (non-hydrogen) atoms. The number of H-pyrrole nitrogens is 1. The Morgan fingerprint density at radius 1 is 1.31 bits per heavy atom. The van der Waals surface area contributed by atoms with E-state index in [9.17, 15) is 14.7 Å². The zero-order chi connectivity index (χ0) is 11.3. The third kappa shape index (κ3) is 1.05. The summed E-state index contributed by atoms with van der Waals surface area (Å²) in [6.07, 6.45) is 0. The van der Waals surface area contributed by atoms with Crippen LogP contribution in [0.1, 0.15) is 10.4 Å². The van der Waals surface area contributed by atoms with E-state index in [-0.39, 0.29) is 35.0 Å². The molecule has 2 heterocycles. The van der Waals surface area contributed by atoms with Gasteiger partial charge >= 0.3 is 0 Å². The number of aromatic nitrogens is 1. The summed E-state index contributed by atoms with van der Waals surface area (Å²) in [5.74, 6) is -0.126. The zero-order valence-corrected chi connectivity index (χ0v) is 8.11. The number of Topliss-reactive ketones (excluding diaryl/α,β-unsaturated/α-hetero) is 1. The third-order valence-electron chi connectivity index (χ3n) is 2.58. The van der Waals surface area contributed by atoms with E-state index in [1.807, 2.05) is 0 Å². The molecule has 0 amide bonds. The summed E-state index contributed by atoms with van der Waals surface area (Å²) in [7, 11) is 0. The van der Waals surface area contributed by atoms with Crippen LogP contribution in [0.25, 0.3) is 10.9 Å². The molecule has 2 aromatic rings. The van der Waals surface area contributed by atoms with Crippen molar-refractivity contribution in [3.63, 3.8) is 0 Å². The fraction of sp³-hybridized carbons (Fsp3) is 0.0909. The molecule has 1 aromatic heterocycles. The van der Waals surface area contributed by atoms with E-state index in [4.69, 9.17) is 4.74 Å². The van der Waals surface area contributed by atoms with E-state index >= 15 is 0 Å². The second kappa shape index (κ2) is 2.85. The Morgan fingerprint density at radius 2 is 2.12 bits per heavy atom. The van der Waals surface area contributed by atoms with Gasteiger partial charge in [0.15, 0.2) is 6.61 Å². The maximum atomic E-state index is 12.0. The molecule has 1 aliphatic heterocycles. The van der Waals surface area contributed by atoms with Crippen molar-refractivity contribution in [3.05, 3.63) is 34.0 Å². The number of carbonyl (C=O) groups excluding carboxylic acids is 1. The minimum Gasteiger partial charge on any atom is -0.508 e. The number of nitrogens with one attached hydrogen (secondary N) is 1. The molecule has 0 spiro atoms. The lowest BCUT2D eigenvalue weighted by molar-refractivity contribution is 0.0959. The van der Waals surface area contributed by atoms with Crippen LogP contribution in [0.3, 0.4) is 0 Å². The number of phenols is 1. The Balaban J connectivity index is 2.49. The average Bonchev–Trinajstić information content (AvgIpc) is 2.62. The number of rotatable bonds is 0. The van der Waals surface area contributed by atoms with Gasteiger partial charge in [0.25, 0.3) is 0 Å². The van der Waals surface area contributed by atoms with Crippen LogP contribution in [0.5, 0.6) is 11.6 Å². The van der Waals surface area contributed by atoms with E-state index in [1.165, 1.54) is 12.1 Å². The van der Waals surface area contributed by atoms with E-state index in [2.05, 4.69) is 4.98 Å². The molecule has 1 aromatic carbocycles. The van der Waals surface area contributed by atoms with Crippen LogP contribution in [-0.2, 0) is 0 Å². The van der Waals surface area contributed by atoms with Crippen LogP contribution < -0.4 is 10.2 Å². The van der Waals surface area contributed by atoms with Crippen molar-refractivity contribution in [2.45, 2.75) is 0 Å². The highest BCUT2D eigenvalue weighted by atomic mass is 16.5. The topological polar surface area (TPSA) is 79.4 Å². The summed E-state index contributed by atoms with van der Waals surface area (Å²) < 4.78 is 5.06. The Hall–Kier alpha value is -2.30. The summed E-state index contributed by atoms with van der Waals surface area (Å²) in [6, 6.07) is 4.36. The van der Waals surface area contributed by atoms with Gasteiger partial charge in [0, 0.05) is 0 Å². The monoisotopic (exact) mass is 217 g/mol. The van der Waals surface area contributed by atoms with Gasteiger partial charge < -0.3 is 14.8 Å². The van der Waals surface area contributed by atoms with Gasteiger partial charge in [-0.15, -0.1) is 0 Å². The van der Waals surface area contributed by atoms with Crippen molar-refractivity contribution in [1.82, 2.24) is 4.98 Å². The van der Waals surface area contributed by atoms with Crippen LogP contribution in [0.2, 0.25) is 0 Å². The summed E-state index contributed by atoms with van der Waals surface area (Å²) >= 11 is 0. The number of pyridine rings is 1. The van der Waals surface area contributed by atoms with Crippen LogP contribution in [0.4, 0.5) is 0 Å². The number of benzene rings is 1.